The summed E-state index contributed by atoms with van der Waals surface area (Å²) in [4.78, 5) is 11.8. The van der Waals surface area contributed by atoms with E-state index in [4.69, 9.17) is 9.15 Å². The second kappa shape index (κ2) is 5.52. The molecule has 110 valence electrons. The van der Waals surface area contributed by atoms with Gasteiger partial charge in [-0.25, -0.2) is 4.79 Å². The van der Waals surface area contributed by atoms with E-state index >= 15 is 0 Å². The third-order valence-electron chi connectivity index (χ3n) is 3.61. The van der Waals surface area contributed by atoms with Crippen molar-refractivity contribution in [2.24, 2.45) is 0 Å². The summed E-state index contributed by atoms with van der Waals surface area (Å²) in [6.45, 7) is 1.95. The molecule has 0 aliphatic heterocycles. The summed E-state index contributed by atoms with van der Waals surface area (Å²) in [6.07, 6.45) is 4.49. The molecular weight excluding hydrogens is 270 g/mol. The summed E-state index contributed by atoms with van der Waals surface area (Å²) < 4.78 is 10.1. The van der Waals surface area contributed by atoms with E-state index in [1.54, 1.807) is 6.92 Å². The molecule has 0 atom stereocenters. The fourth-order valence-electron chi connectivity index (χ4n) is 2.62. The minimum atomic E-state index is -0.604. The largest absolute Gasteiger partial charge is 0.504 e. The lowest BCUT2D eigenvalue weighted by atomic mass is 10.1. The molecule has 5 heteroatoms. The topological polar surface area (TPSA) is 71.7 Å². The van der Waals surface area contributed by atoms with Crippen LogP contribution in [0.25, 0.3) is 0 Å². The first-order valence-electron chi connectivity index (χ1n) is 7.05. The lowest BCUT2D eigenvalue weighted by molar-refractivity contribution is 0.0524. The molecule has 5 nitrogen and oxygen atoms in total. The zero-order chi connectivity index (χ0) is 14.8. The maximum Gasteiger partial charge on any atom is 0.347 e. The van der Waals surface area contributed by atoms with Crippen LogP contribution in [0.4, 0.5) is 11.6 Å². The maximum absolute atomic E-state index is 11.8. The standard InChI is InChI=1S/C16H17NO4/c1-2-20-16(19)14-13(18)9-21-15(14)17-12-7-6-10-4-3-5-11(10)8-12/h6-9,17-18H,2-5H2,1H3. The Morgan fingerprint density at radius 1 is 1.38 bits per heavy atom. The van der Waals surface area contributed by atoms with Gasteiger partial charge in [0.1, 0.15) is 6.26 Å². The number of carbonyl (C=O) groups is 1. The number of esters is 1. The van der Waals surface area contributed by atoms with Gasteiger partial charge in [0.25, 0.3) is 0 Å². The Kier molecular flexibility index (Phi) is 3.56. The molecule has 1 heterocycles. The van der Waals surface area contributed by atoms with E-state index in [0.29, 0.717) is 0 Å². The number of anilines is 2. The minimum Gasteiger partial charge on any atom is -0.504 e. The first kappa shape index (κ1) is 13.5. The van der Waals surface area contributed by atoms with Crippen LogP contribution in [0.2, 0.25) is 0 Å². The summed E-state index contributed by atoms with van der Waals surface area (Å²) in [7, 11) is 0. The third-order valence-corrected chi connectivity index (χ3v) is 3.61. The van der Waals surface area contributed by atoms with Crippen LogP contribution in [0.1, 0.15) is 34.8 Å². The monoisotopic (exact) mass is 287 g/mol. The molecule has 1 aromatic heterocycles. The van der Waals surface area contributed by atoms with E-state index < -0.39 is 5.97 Å². The molecule has 1 aliphatic rings. The molecule has 2 N–H and O–H groups in total. The summed E-state index contributed by atoms with van der Waals surface area (Å²) in [5.41, 5.74) is 3.54. The van der Waals surface area contributed by atoms with Crippen molar-refractivity contribution in [1.29, 1.82) is 0 Å². The first-order valence-corrected chi connectivity index (χ1v) is 7.05. The lowest BCUT2D eigenvalue weighted by Crippen LogP contribution is -2.06. The molecule has 0 unspecified atom stereocenters. The van der Waals surface area contributed by atoms with E-state index in [-0.39, 0.29) is 23.8 Å². The van der Waals surface area contributed by atoms with Crippen LogP contribution >= 0.6 is 0 Å². The molecular formula is C16H17NO4. The summed E-state index contributed by atoms with van der Waals surface area (Å²) in [5, 5.41) is 12.8. The van der Waals surface area contributed by atoms with Crippen LogP contribution in [0.5, 0.6) is 5.75 Å². The number of hydrogen-bond donors (Lipinski definition) is 2. The molecule has 0 bridgehead atoms. The van der Waals surface area contributed by atoms with Gasteiger partial charge in [-0.2, -0.15) is 0 Å². The van der Waals surface area contributed by atoms with Gasteiger partial charge in [0.05, 0.1) is 6.61 Å². The van der Waals surface area contributed by atoms with Gasteiger partial charge >= 0.3 is 5.97 Å². The van der Waals surface area contributed by atoms with Crippen molar-refractivity contribution < 1.29 is 19.1 Å². The number of carbonyl (C=O) groups excluding carboxylic acids is 1. The normalized spacial score (nSPS) is 13.0. The fourth-order valence-corrected chi connectivity index (χ4v) is 2.62. The van der Waals surface area contributed by atoms with Crippen molar-refractivity contribution in [3.8, 4) is 5.75 Å². The molecule has 21 heavy (non-hydrogen) atoms. The Morgan fingerprint density at radius 2 is 2.19 bits per heavy atom. The maximum atomic E-state index is 11.8. The molecule has 0 amide bonds. The van der Waals surface area contributed by atoms with E-state index in [9.17, 15) is 9.90 Å². The molecule has 0 spiro atoms. The fraction of sp³-hybridized carbons (Fsp3) is 0.312. The SMILES string of the molecule is CCOC(=O)c1c(O)coc1Nc1ccc2c(c1)CCC2. The van der Waals surface area contributed by atoms with Crippen molar-refractivity contribution in [3.05, 3.63) is 41.2 Å². The Labute approximate surface area is 122 Å². The highest BCUT2D eigenvalue weighted by Crippen LogP contribution is 2.32. The van der Waals surface area contributed by atoms with Crippen molar-refractivity contribution in [3.63, 3.8) is 0 Å². The summed E-state index contributed by atoms with van der Waals surface area (Å²) >= 11 is 0. The van der Waals surface area contributed by atoms with Crippen LogP contribution in [-0.4, -0.2) is 17.7 Å². The van der Waals surface area contributed by atoms with Crippen LogP contribution in [0.15, 0.2) is 28.9 Å². The van der Waals surface area contributed by atoms with Crippen LogP contribution in [-0.2, 0) is 17.6 Å². The molecule has 1 aromatic carbocycles. The quantitative estimate of drug-likeness (QED) is 0.843. The van der Waals surface area contributed by atoms with E-state index in [0.717, 1.165) is 24.8 Å². The molecule has 3 rings (SSSR count). The molecule has 0 saturated heterocycles. The average molecular weight is 287 g/mol. The van der Waals surface area contributed by atoms with Gasteiger partial charge in [-0.05, 0) is 49.4 Å². The Morgan fingerprint density at radius 3 is 3.00 bits per heavy atom. The van der Waals surface area contributed by atoms with Gasteiger partial charge in [0.15, 0.2) is 11.3 Å². The van der Waals surface area contributed by atoms with Gasteiger partial charge in [-0.1, -0.05) is 6.07 Å². The predicted octanol–water partition coefficient (Wildman–Crippen LogP) is 3.39. The molecule has 2 aromatic rings. The summed E-state index contributed by atoms with van der Waals surface area (Å²) in [6, 6.07) is 6.08. The second-order valence-electron chi connectivity index (χ2n) is 5.01. The van der Waals surface area contributed by atoms with Gasteiger partial charge < -0.3 is 19.6 Å². The number of nitrogens with one attached hydrogen (secondary N) is 1. The highest BCUT2D eigenvalue weighted by Gasteiger charge is 2.22. The Bertz CT molecular complexity index is 675. The predicted molar refractivity (Wildman–Crippen MR) is 78.1 cm³/mol. The number of hydrogen-bond acceptors (Lipinski definition) is 5. The molecule has 1 aliphatic carbocycles. The van der Waals surface area contributed by atoms with Gasteiger partial charge in [-0.3, -0.25) is 0 Å². The highest BCUT2D eigenvalue weighted by molar-refractivity contribution is 5.98. The van der Waals surface area contributed by atoms with Crippen molar-refractivity contribution >= 4 is 17.5 Å². The van der Waals surface area contributed by atoms with Crippen LogP contribution < -0.4 is 5.32 Å². The van der Waals surface area contributed by atoms with Gasteiger partial charge in [0.2, 0.25) is 5.88 Å². The van der Waals surface area contributed by atoms with Crippen molar-refractivity contribution in [2.45, 2.75) is 26.2 Å². The average Bonchev–Trinajstić information content (AvgIpc) is 3.05. The first-order chi connectivity index (χ1) is 10.2. The van der Waals surface area contributed by atoms with Gasteiger partial charge in [0, 0.05) is 5.69 Å². The number of rotatable bonds is 4. The third kappa shape index (κ3) is 2.59. The molecule has 0 fully saturated rings. The molecule has 0 radical (unpaired) electrons. The number of aryl methyl sites for hydroxylation is 2. The number of aromatic hydroxyl groups is 1. The minimum absolute atomic E-state index is 0.0253. The van der Waals surface area contributed by atoms with E-state index in [2.05, 4.69) is 17.4 Å². The van der Waals surface area contributed by atoms with Crippen LogP contribution in [0, 0.1) is 0 Å². The van der Waals surface area contributed by atoms with E-state index in [1.165, 1.54) is 17.5 Å². The zero-order valence-electron chi connectivity index (χ0n) is 11.8. The number of benzene rings is 1. The lowest BCUT2D eigenvalue weighted by Gasteiger charge is -2.08. The zero-order valence-corrected chi connectivity index (χ0v) is 11.8. The number of furan rings is 1. The molecule has 0 saturated carbocycles. The van der Waals surface area contributed by atoms with Gasteiger partial charge in [-0.15, -0.1) is 0 Å². The van der Waals surface area contributed by atoms with Crippen LogP contribution in [0.3, 0.4) is 0 Å². The Balaban J connectivity index is 1.87. The van der Waals surface area contributed by atoms with E-state index in [1.807, 2.05) is 6.07 Å². The van der Waals surface area contributed by atoms with Crippen molar-refractivity contribution in [1.82, 2.24) is 0 Å². The second-order valence-corrected chi connectivity index (χ2v) is 5.01. The smallest absolute Gasteiger partial charge is 0.347 e. The number of fused-ring (bicyclic) bond motifs is 1. The summed E-state index contributed by atoms with van der Waals surface area (Å²) in [5.74, 6) is -0.631. The van der Waals surface area contributed by atoms with Crippen molar-refractivity contribution in [2.75, 3.05) is 11.9 Å². The highest BCUT2D eigenvalue weighted by atomic mass is 16.5. The number of ether oxygens (including phenoxy) is 1. The Hall–Kier alpha value is -2.43.